The first-order valence-corrected chi connectivity index (χ1v) is 7.97. The molecule has 3 fully saturated rings. The number of hydrogen-bond donors (Lipinski definition) is 0. The first-order chi connectivity index (χ1) is 9.74. The molecule has 0 unspecified atom stereocenters. The van der Waals surface area contributed by atoms with E-state index in [-0.39, 0.29) is 24.1 Å². The van der Waals surface area contributed by atoms with Crippen LogP contribution in [-0.2, 0) is 14.3 Å². The Bertz CT molecular complexity index is 399. The highest BCUT2D eigenvalue weighted by atomic mass is 16.5. The van der Waals surface area contributed by atoms with Crippen LogP contribution in [0.1, 0.15) is 45.4 Å². The van der Waals surface area contributed by atoms with E-state index in [0.29, 0.717) is 6.61 Å². The number of carbonyl (C=O) groups is 2. The molecule has 3 atom stereocenters. The maximum absolute atomic E-state index is 12.7. The Kier molecular flexibility index (Phi) is 3.96. The maximum Gasteiger partial charge on any atom is 0.320 e. The fraction of sp³-hybridized carbons (Fsp3) is 0.867. The second kappa shape index (κ2) is 5.72. The molecule has 3 aliphatic rings. The second-order valence-corrected chi connectivity index (χ2v) is 6.04. The normalized spacial score (nSPS) is 34.4. The zero-order chi connectivity index (χ0) is 14.1. The molecule has 0 aromatic carbocycles. The molecular weight excluding hydrogens is 256 g/mol. The summed E-state index contributed by atoms with van der Waals surface area (Å²) in [4.78, 5) is 29.3. The Morgan fingerprint density at radius 2 is 1.95 bits per heavy atom. The summed E-state index contributed by atoms with van der Waals surface area (Å²) in [5.74, 6) is -0.903. The second-order valence-electron chi connectivity index (χ2n) is 6.04. The molecule has 0 N–H and O–H groups in total. The molecule has 5 nitrogen and oxygen atoms in total. The van der Waals surface area contributed by atoms with Crippen LogP contribution < -0.4 is 0 Å². The summed E-state index contributed by atoms with van der Waals surface area (Å²) in [6.45, 7) is 3.95. The number of carbonyl (C=O) groups excluding carboxylic acids is 2. The van der Waals surface area contributed by atoms with E-state index >= 15 is 0 Å². The van der Waals surface area contributed by atoms with Crippen LogP contribution in [-0.4, -0.2) is 53.6 Å². The molecule has 112 valence electrons. The molecule has 0 aromatic rings. The molecule has 3 rings (SSSR count). The standard InChI is InChI=1S/C15H24N2O3/c1-2-20-15(19)13-11-7-3-5-9-16(11)12-8-4-6-10-17(12)14(13)18/h11-13H,2-10H2,1H3/t11-,12-,13-/m1/s1. The Balaban J connectivity index is 1.88. The molecule has 0 saturated carbocycles. The van der Waals surface area contributed by atoms with Crippen molar-refractivity contribution in [2.45, 2.75) is 57.7 Å². The zero-order valence-corrected chi connectivity index (χ0v) is 12.2. The molecule has 0 aliphatic carbocycles. The van der Waals surface area contributed by atoms with Crippen LogP contribution in [0.3, 0.4) is 0 Å². The predicted molar refractivity (Wildman–Crippen MR) is 73.8 cm³/mol. The van der Waals surface area contributed by atoms with Gasteiger partial charge in [0.05, 0.1) is 12.8 Å². The van der Waals surface area contributed by atoms with Gasteiger partial charge in [-0.15, -0.1) is 0 Å². The largest absolute Gasteiger partial charge is 0.465 e. The van der Waals surface area contributed by atoms with Gasteiger partial charge in [0.15, 0.2) is 5.92 Å². The lowest BCUT2D eigenvalue weighted by Crippen LogP contribution is -2.68. The molecule has 3 aliphatic heterocycles. The van der Waals surface area contributed by atoms with Crippen LogP contribution in [0.5, 0.6) is 0 Å². The molecule has 5 heteroatoms. The van der Waals surface area contributed by atoms with E-state index in [9.17, 15) is 9.59 Å². The molecule has 1 amide bonds. The predicted octanol–water partition coefficient (Wildman–Crippen LogP) is 1.37. The fourth-order valence-corrected chi connectivity index (χ4v) is 4.06. The van der Waals surface area contributed by atoms with Crippen LogP contribution in [0.4, 0.5) is 0 Å². The van der Waals surface area contributed by atoms with E-state index in [0.717, 1.165) is 38.8 Å². The zero-order valence-electron chi connectivity index (χ0n) is 12.2. The maximum atomic E-state index is 12.7. The number of fused-ring (bicyclic) bond motifs is 3. The Labute approximate surface area is 120 Å². The highest BCUT2D eigenvalue weighted by Gasteiger charge is 2.51. The van der Waals surface area contributed by atoms with E-state index in [2.05, 4.69) is 4.90 Å². The first kappa shape index (κ1) is 13.9. The van der Waals surface area contributed by atoms with Crippen molar-refractivity contribution in [1.29, 1.82) is 0 Å². The molecule has 3 saturated heterocycles. The van der Waals surface area contributed by atoms with Crippen LogP contribution in [0.25, 0.3) is 0 Å². The number of esters is 1. The highest BCUT2D eigenvalue weighted by molar-refractivity contribution is 5.99. The summed E-state index contributed by atoms with van der Waals surface area (Å²) in [6, 6.07) is 0.0645. The van der Waals surface area contributed by atoms with E-state index < -0.39 is 5.92 Å². The Hall–Kier alpha value is -1.10. The molecule has 20 heavy (non-hydrogen) atoms. The minimum absolute atomic E-state index is 0.0105. The summed E-state index contributed by atoms with van der Waals surface area (Å²) in [6.07, 6.45) is 6.74. The van der Waals surface area contributed by atoms with Crippen LogP contribution in [0, 0.1) is 5.92 Å². The van der Waals surface area contributed by atoms with Gasteiger partial charge in [0.2, 0.25) is 5.91 Å². The molecule has 0 aromatic heterocycles. The number of rotatable bonds is 2. The highest BCUT2D eigenvalue weighted by Crippen LogP contribution is 2.37. The monoisotopic (exact) mass is 280 g/mol. The van der Waals surface area contributed by atoms with Gasteiger partial charge in [-0.3, -0.25) is 14.5 Å². The van der Waals surface area contributed by atoms with Crippen molar-refractivity contribution in [3.8, 4) is 0 Å². The van der Waals surface area contributed by atoms with Gasteiger partial charge in [-0.1, -0.05) is 6.42 Å². The number of nitrogens with zero attached hydrogens (tertiary/aromatic N) is 2. The quantitative estimate of drug-likeness (QED) is 0.566. The SMILES string of the molecule is CCOC(=O)[C@H]1C(=O)N2CCCC[C@@H]2N2CCCC[C@H]12. The summed E-state index contributed by atoms with van der Waals surface area (Å²) < 4.78 is 5.17. The van der Waals surface area contributed by atoms with Crippen LogP contribution in [0.2, 0.25) is 0 Å². The number of hydrogen-bond acceptors (Lipinski definition) is 4. The van der Waals surface area contributed by atoms with Gasteiger partial charge in [0.25, 0.3) is 0 Å². The van der Waals surface area contributed by atoms with Crippen molar-refractivity contribution >= 4 is 11.9 Å². The summed E-state index contributed by atoms with van der Waals surface area (Å²) in [7, 11) is 0. The summed E-state index contributed by atoms with van der Waals surface area (Å²) in [5, 5.41) is 0. The average Bonchev–Trinajstić information content (AvgIpc) is 2.48. The van der Waals surface area contributed by atoms with Crippen molar-refractivity contribution in [3.63, 3.8) is 0 Å². The third-order valence-corrected chi connectivity index (χ3v) is 4.92. The van der Waals surface area contributed by atoms with Gasteiger partial charge in [0.1, 0.15) is 0 Å². The van der Waals surface area contributed by atoms with Gasteiger partial charge in [0, 0.05) is 19.1 Å². The number of piperidine rings is 2. The minimum atomic E-state index is -0.593. The first-order valence-electron chi connectivity index (χ1n) is 7.97. The molecule has 3 heterocycles. The number of amides is 1. The van der Waals surface area contributed by atoms with Crippen molar-refractivity contribution < 1.29 is 14.3 Å². The summed E-state index contributed by atoms with van der Waals surface area (Å²) in [5.41, 5.74) is 0. The van der Waals surface area contributed by atoms with Gasteiger partial charge in [-0.05, 0) is 39.0 Å². The van der Waals surface area contributed by atoms with Crippen LogP contribution in [0.15, 0.2) is 0 Å². The Morgan fingerprint density at radius 1 is 1.20 bits per heavy atom. The third-order valence-electron chi connectivity index (χ3n) is 4.92. The minimum Gasteiger partial charge on any atom is -0.465 e. The van der Waals surface area contributed by atoms with Gasteiger partial charge in [-0.2, -0.15) is 0 Å². The van der Waals surface area contributed by atoms with Crippen molar-refractivity contribution in [2.24, 2.45) is 5.92 Å². The lowest BCUT2D eigenvalue weighted by atomic mass is 9.84. The van der Waals surface area contributed by atoms with Gasteiger partial charge in [-0.25, -0.2) is 0 Å². The van der Waals surface area contributed by atoms with Crippen molar-refractivity contribution in [2.75, 3.05) is 19.7 Å². The topological polar surface area (TPSA) is 49.9 Å². The van der Waals surface area contributed by atoms with Gasteiger partial charge < -0.3 is 9.64 Å². The van der Waals surface area contributed by atoms with Crippen molar-refractivity contribution in [1.82, 2.24) is 9.80 Å². The van der Waals surface area contributed by atoms with Crippen molar-refractivity contribution in [3.05, 3.63) is 0 Å². The lowest BCUT2D eigenvalue weighted by Gasteiger charge is -2.54. The van der Waals surface area contributed by atoms with E-state index in [1.807, 2.05) is 4.90 Å². The molecule has 0 bridgehead atoms. The fourth-order valence-electron chi connectivity index (χ4n) is 4.06. The lowest BCUT2D eigenvalue weighted by molar-refractivity contribution is -0.177. The third kappa shape index (κ3) is 2.22. The summed E-state index contributed by atoms with van der Waals surface area (Å²) >= 11 is 0. The average molecular weight is 280 g/mol. The van der Waals surface area contributed by atoms with Gasteiger partial charge >= 0.3 is 5.97 Å². The van der Waals surface area contributed by atoms with E-state index in [1.165, 1.54) is 12.8 Å². The number of ether oxygens (including phenoxy) is 1. The van der Waals surface area contributed by atoms with Crippen LogP contribution >= 0.6 is 0 Å². The molecular formula is C15H24N2O3. The molecule has 0 spiro atoms. The van der Waals surface area contributed by atoms with E-state index in [1.54, 1.807) is 6.92 Å². The Morgan fingerprint density at radius 3 is 2.75 bits per heavy atom. The molecule has 0 radical (unpaired) electrons. The smallest absolute Gasteiger partial charge is 0.320 e. The van der Waals surface area contributed by atoms with E-state index in [4.69, 9.17) is 4.74 Å².